The maximum atomic E-state index is 11.8. The first-order valence-electron chi connectivity index (χ1n) is 6.69. The topological polar surface area (TPSA) is 59.0 Å². The van der Waals surface area contributed by atoms with Crippen LogP contribution in [-0.2, 0) is 0 Å². The van der Waals surface area contributed by atoms with Crippen LogP contribution in [0.1, 0.15) is 43.2 Å². The molecule has 2 N–H and O–H groups in total. The molecule has 2 heterocycles. The smallest absolute Gasteiger partial charge is 0.271 e. The van der Waals surface area contributed by atoms with Crippen molar-refractivity contribution in [3.8, 4) is 0 Å². The quantitative estimate of drug-likeness (QED) is 0.844. The number of rotatable bonds is 4. The van der Waals surface area contributed by atoms with E-state index in [2.05, 4.69) is 34.0 Å². The molecule has 100 valence electrons. The summed E-state index contributed by atoms with van der Waals surface area (Å²) in [5.41, 5.74) is 0.522. The average molecular weight is 250 g/mol. The third kappa shape index (κ3) is 3.32. The Hall–Kier alpha value is -1.36. The fourth-order valence-corrected chi connectivity index (χ4v) is 2.15. The second-order valence-electron chi connectivity index (χ2n) is 5.29. The molecule has 0 aliphatic carbocycles. The van der Waals surface area contributed by atoms with Crippen molar-refractivity contribution in [2.75, 3.05) is 19.6 Å². The lowest BCUT2D eigenvalue weighted by atomic mass is 10.1. The van der Waals surface area contributed by atoms with E-state index in [0.717, 1.165) is 25.9 Å². The molecule has 0 saturated carbocycles. The molecule has 0 bridgehead atoms. The summed E-state index contributed by atoms with van der Waals surface area (Å²) >= 11 is 0. The summed E-state index contributed by atoms with van der Waals surface area (Å²) in [4.78, 5) is 16.0. The predicted molar refractivity (Wildman–Crippen MR) is 70.5 cm³/mol. The van der Waals surface area contributed by atoms with Gasteiger partial charge in [-0.25, -0.2) is 4.98 Å². The minimum atomic E-state index is -0.0728. The molecule has 1 aromatic rings. The molecule has 1 saturated heterocycles. The van der Waals surface area contributed by atoms with Crippen LogP contribution in [0.4, 0.5) is 0 Å². The number of nitrogens with zero attached hydrogens (tertiary/aromatic N) is 2. The van der Waals surface area contributed by atoms with Crippen LogP contribution >= 0.6 is 0 Å². The number of carbonyl (C=O) groups is 1. The summed E-state index contributed by atoms with van der Waals surface area (Å²) in [6.45, 7) is 6.93. The van der Waals surface area contributed by atoms with Crippen LogP contribution in [-0.4, -0.2) is 35.1 Å². The molecule has 0 aromatic carbocycles. The first-order valence-corrected chi connectivity index (χ1v) is 6.69. The highest BCUT2D eigenvalue weighted by Crippen LogP contribution is 2.18. The Morgan fingerprint density at radius 1 is 1.56 bits per heavy atom. The van der Waals surface area contributed by atoms with E-state index in [-0.39, 0.29) is 5.91 Å². The molecule has 2 rings (SSSR count). The fourth-order valence-electron chi connectivity index (χ4n) is 2.15. The summed E-state index contributed by atoms with van der Waals surface area (Å²) < 4.78 is 2.07. The predicted octanol–water partition coefficient (Wildman–Crippen LogP) is 1.19. The van der Waals surface area contributed by atoms with E-state index in [1.165, 1.54) is 0 Å². The van der Waals surface area contributed by atoms with E-state index >= 15 is 0 Å². The van der Waals surface area contributed by atoms with Crippen molar-refractivity contribution < 1.29 is 4.79 Å². The highest BCUT2D eigenvalue weighted by atomic mass is 16.1. The van der Waals surface area contributed by atoms with E-state index in [9.17, 15) is 4.79 Å². The zero-order valence-corrected chi connectivity index (χ0v) is 11.1. The number of carbonyl (C=O) groups excluding carboxylic acids is 1. The molecule has 1 aliphatic heterocycles. The van der Waals surface area contributed by atoms with Crippen LogP contribution < -0.4 is 10.6 Å². The van der Waals surface area contributed by atoms with Gasteiger partial charge < -0.3 is 15.2 Å². The van der Waals surface area contributed by atoms with Crippen molar-refractivity contribution in [2.45, 2.75) is 32.7 Å². The molecule has 0 atom stereocenters. The number of hydrogen-bond acceptors (Lipinski definition) is 3. The fraction of sp³-hybridized carbons (Fsp3) is 0.692. The monoisotopic (exact) mass is 250 g/mol. The van der Waals surface area contributed by atoms with Gasteiger partial charge >= 0.3 is 0 Å². The number of hydrogen-bond donors (Lipinski definition) is 2. The van der Waals surface area contributed by atoms with Gasteiger partial charge in [-0.1, -0.05) is 13.8 Å². The van der Waals surface area contributed by atoms with Crippen LogP contribution in [0.5, 0.6) is 0 Å². The lowest BCUT2D eigenvalue weighted by Gasteiger charge is -2.23. The van der Waals surface area contributed by atoms with Gasteiger partial charge in [0, 0.05) is 18.8 Å². The van der Waals surface area contributed by atoms with Gasteiger partial charge in [0.2, 0.25) is 0 Å². The van der Waals surface area contributed by atoms with Crippen LogP contribution in [0.25, 0.3) is 0 Å². The molecule has 0 radical (unpaired) electrons. The van der Waals surface area contributed by atoms with Crippen molar-refractivity contribution in [3.05, 3.63) is 18.2 Å². The minimum absolute atomic E-state index is 0.0728. The van der Waals surface area contributed by atoms with Crippen LogP contribution in [0.15, 0.2) is 12.5 Å². The maximum absolute atomic E-state index is 11.8. The molecule has 0 unspecified atom stereocenters. The van der Waals surface area contributed by atoms with Crippen molar-refractivity contribution in [1.29, 1.82) is 0 Å². The first-order chi connectivity index (χ1) is 8.66. The van der Waals surface area contributed by atoms with Crippen LogP contribution in [0, 0.1) is 5.92 Å². The Balaban J connectivity index is 1.94. The summed E-state index contributed by atoms with van der Waals surface area (Å²) in [5.74, 6) is 0.386. The largest absolute Gasteiger partial charge is 0.350 e. The molecule has 1 amide bonds. The molecule has 1 aromatic heterocycles. The molecule has 0 spiro atoms. The standard InChI is InChI=1S/C13H22N4O/c1-10(2)7-15-13(18)12-8-17(9-16-12)11-3-5-14-6-4-11/h8-11,14H,3-7H2,1-2H3,(H,15,18). The third-order valence-electron chi connectivity index (χ3n) is 3.24. The molecule has 18 heavy (non-hydrogen) atoms. The summed E-state index contributed by atoms with van der Waals surface area (Å²) in [5, 5.41) is 6.22. The van der Waals surface area contributed by atoms with Crippen molar-refractivity contribution in [2.24, 2.45) is 5.92 Å². The molecule has 5 nitrogen and oxygen atoms in total. The Bertz CT molecular complexity index is 393. The van der Waals surface area contributed by atoms with Crippen LogP contribution in [0.3, 0.4) is 0 Å². The summed E-state index contributed by atoms with van der Waals surface area (Å²) in [7, 11) is 0. The SMILES string of the molecule is CC(C)CNC(=O)c1cn(C2CCNCC2)cn1. The zero-order valence-electron chi connectivity index (χ0n) is 11.1. The molecular formula is C13H22N4O. The first kappa shape index (κ1) is 13.1. The summed E-state index contributed by atoms with van der Waals surface area (Å²) in [6, 6.07) is 0.477. The Morgan fingerprint density at radius 3 is 2.94 bits per heavy atom. The van der Waals surface area contributed by atoms with Gasteiger partial charge in [-0.05, 0) is 31.8 Å². The lowest BCUT2D eigenvalue weighted by Crippen LogP contribution is -2.29. The highest BCUT2D eigenvalue weighted by Gasteiger charge is 2.17. The van der Waals surface area contributed by atoms with Gasteiger partial charge in [0.1, 0.15) is 5.69 Å². The van der Waals surface area contributed by atoms with Gasteiger partial charge in [0.25, 0.3) is 5.91 Å². The molecule has 1 fully saturated rings. The van der Waals surface area contributed by atoms with Crippen molar-refractivity contribution >= 4 is 5.91 Å². The highest BCUT2D eigenvalue weighted by molar-refractivity contribution is 5.91. The normalized spacial score (nSPS) is 17.1. The maximum Gasteiger partial charge on any atom is 0.271 e. The second kappa shape index (κ2) is 6.00. The molecule has 5 heteroatoms. The lowest BCUT2D eigenvalue weighted by molar-refractivity contribution is 0.0944. The number of nitrogens with one attached hydrogen (secondary N) is 2. The molecule has 1 aliphatic rings. The molecular weight excluding hydrogens is 228 g/mol. The van der Waals surface area contributed by atoms with E-state index in [1.54, 1.807) is 6.33 Å². The van der Waals surface area contributed by atoms with E-state index in [4.69, 9.17) is 0 Å². The van der Waals surface area contributed by atoms with Crippen molar-refractivity contribution in [1.82, 2.24) is 20.2 Å². The zero-order chi connectivity index (χ0) is 13.0. The minimum Gasteiger partial charge on any atom is -0.350 e. The second-order valence-corrected chi connectivity index (χ2v) is 5.29. The Kier molecular flexibility index (Phi) is 4.36. The van der Waals surface area contributed by atoms with Gasteiger partial charge in [-0.15, -0.1) is 0 Å². The van der Waals surface area contributed by atoms with E-state index in [1.807, 2.05) is 6.20 Å². The number of imidazole rings is 1. The van der Waals surface area contributed by atoms with E-state index < -0.39 is 0 Å². The van der Waals surface area contributed by atoms with Crippen molar-refractivity contribution in [3.63, 3.8) is 0 Å². The average Bonchev–Trinajstić information content (AvgIpc) is 2.86. The Labute approximate surface area is 108 Å². The van der Waals surface area contributed by atoms with Gasteiger partial charge in [0.05, 0.1) is 6.33 Å². The Morgan fingerprint density at radius 2 is 2.28 bits per heavy atom. The van der Waals surface area contributed by atoms with Crippen LogP contribution in [0.2, 0.25) is 0 Å². The summed E-state index contributed by atoms with van der Waals surface area (Å²) in [6.07, 6.45) is 5.85. The van der Waals surface area contributed by atoms with Gasteiger partial charge in [-0.3, -0.25) is 4.79 Å². The van der Waals surface area contributed by atoms with Gasteiger partial charge in [0.15, 0.2) is 0 Å². The third-order valence-corrected chi connectivity index (χ3v) is 3.24. The van der Waals surface area contributed by atoms with E-state index in [0.29, 0.717) is 24.2 Å². The number of piperidine rings is 1. The number of aromatic nitrogens is 2. The number of amides is 1. The van der Waals surface area contributed by atoms with Gasteiger partial charge in [-0.2, -0.15) is 0 Å².